The van der Waals surface area contributed by atoms with Gasteiger partial charge in [0, 0.05) is 25.3 Å². The summed E-state index contributed by atoms with van der Waals surface area (Å²) in [6.07, 6.45) is -2.47. The van der Waals surface area contributed by atoms with Crippen LogP contribution in [0, 0.1) is 0 Å². The van der Waals surface area contributed by atoms with Crippen molar-refractivity contribution in [3.8, 4) is 0 Å². The highest BCUT2D eigenvalue weighted by Gasteiger charge is 2.28. The van der Waals surface area contributed by atoms with Gasteiger partial charge in [0.15, 0.2) is 0 Å². The van der Waals surface area contributed by atoms with Gasteiger partial charge in [-0.1, -0.05) is 0 Å². The molecule has 96 valence electrons. The molecule has 16 heavy (non-hydrogen) atoms. The Bertz CT molecular complexity index is 203. The molecule has 0 bridgehead atoms. The summed E-state index contributed by atoms with van der Waals surface area (Å²) in [7, 11) is 0. The van der Waals surface area contributed by atoms with Crippen LogP contribution in [0.5, 0.6) is 0 Å². The summed E-state index contributed by atoms with van der Waals surface area (Å²) in [6, 6.07) is 0. The van der Waals surface area contributed by atoms with Crippen molar-refractivity contribution in [1.82, 2.24) is 5.32 Å². The van der Waals surface area contributed by atoms with Crippen LogP contribution in [0.15, 0.2) is 0 Å². The molecule has 0 unspecified atom stereocenters. The number of hydrogen-bond acceptors (Lipinski definition) is 3. The highest BCUT2D eigenvalue weighted by molar-refractivity contribution is 4.84. The van der Waals surface area contributed by atoms with Crippen molar-refractivity contribution in [2.45, 2.75) is 31.5 Å². The summed E-state index contributed by atoms with van der Waals surface area (Å²) in [6.45, 7) is 2.80. The molecule has 0 amide bonds. The van der Waals surface area contributed by atoms with Crippen molar-refractivity contribution in [2.75, 3.05) is 33.0 Å². The van der Waals surface area contributed by atoms with Crippen molar-refractivity contribution >= 4 is 0 Å². The molecule has 0 saturated carbocycles. The average Bonchev–Trinajstić information content (AvgIpc) is 2.16. The van der Waals surface area contributed by atoms with Gasteiger partial charge in [0.2, 0.25) is 0 Å². The van der Waals surface area contributed by atoms with Crippen molar-refractivity contribution in [2.24, 2.45) is 0 Å². The largest absolute Gasteiger partial charge is 0.411 e. The molecule has 0 aliphatic carbocycles. The minimum absolute atomic E-state index is 0.0279. The van der Waals surface area contributed by atoms with E-state index in [1.54, 1.807) is 0 Å². The Morgan fingerprint density at radius 1 is 1.31 bits per heavy atom. The van der Waals surface area contributed by atoms with E-state index < -0.39 is 12.8 Å². The lowest BCUT2D eigenvalue weighted by Gasteiger charge is -2.34. The van der Waals surface area contributed by atoms with Crippen molar-refractivity contribution in [1.29, 1.82) is 0 Å². The molecule has 1 rings (SSSR count). The second-order valence-corrected chi connectivity index (χ2v) is 4.27. The fourth-order valence-corrected chi connectivity index (χ4v) is 1.61. The zero-order valence-electron chi connectivity index (χ0n) is 9.40. The van der Waals surface area contributed by atoms with Crippen LogP contribution in [0.1, 0.15) is 19.8 Å². The molecular formula is C10H18F3NO2. The fourth-order valence-electron chi connectivity index (χ4n) is 1.61. The van der Waals surface area contributed by atoms with E-state index in [4.69, 9.17) is 4.74 Å². The summed E-state index contributed by atoms with van der Waals surface area (Å²) in [5, 5.41) is 3.21. The monoisotopic (exact) mass is 241 g/mol. The predicted molar refractivity (Wildman–Crippen MR) is 53.3 cm³/mol. The first-order valence-corrected chi connectivity index (χ1v) is 5.39. The maximum absolute atomic E-state index is 11.8. The SMILES string of the molecule is CC1(NCCOCC(F)(F)F)CCOCC1. The molecule has 1 N–H and O–H groups in total. The summed E-state index contributed by atoms with van der Waals surface area (Å²) < 4.78 is 45.0. The Labute approximate surface area is 93.3 Å². The molecule has 6 heteroatoms. The second-order valence-electron chi connectivity index (χ2n) is 4.27. The van der Waals surface area contributed by atoms with Gasteiger partial charge in [-0.2, -0.15) is 13.2 Å². The Morgan fingerprint density at radius 2 is 1.94 bits per heavy atom. The van der Waals surface area contributed by atoms with Crippen LogP contribution in [0.4, 0.5) is 13.2 Å². The smallest absolute Gasteiger partial charge is 0.381 e. The molecule has 1 heterocycles. The minimum Gasteiger partial charge on any atom is -0.381 e. The van der Waals surface area contributed by atoms with E-state index in [1.165, 1.54) is 0 Å². The molecule has 1 fully saturated rings. The number of alkyl halides is 3. The van der Waals surface area contributed by atoms with Crippen molar-refractivity contribution in [3.63, 3.8) is 0 Å². The molecule has 0 radical (unpaired) electrons. The average molecular weight is 241 g/mol. The lowest BCUT2D eigenvalue weighted by atomic mass is 9.93. The standard InChI is InChI=1S/C10H18F3NO2/c1-9(2-5-15-6-3-9)14-4-7-16-8-10(11,12)13/h14H,2-8H2,1H3. The van der Waals surface area contributed by atoms with Crippen LogP contribution in [0.2, 0.25) is 0 Å². The highest BCUT2D eigenvalue weighted by Crippen LogP contribution is 2.19. The number of rotatable bonds is 5. The normalized spacial score (nSPS) is 21.0. The summed E-state index contributed by atoms with van der Waals surface area (Å²) in [5.74, 6) is 0. The van der Waals surface area contributed by atoms with Crippen LogP contribution in [-0.2, 0) is 9.47 Å². The quantitative estimate of drug-likeness (QED) is 0.743. The third-order valence-electron chi connectivity index (χ3n) is 2.66. The van der Waals surface area contributed by atoms with E-state index in [9.17, 15) is 13.2 Å². The van der Waals surface area contributed by atoms with Gasteiger partial charge in [-0.25, -0.2) is 0 Å². The molecule has 3 nitrogen and oxygen atoms in total. The Kier molecular flexibility index (Phi) is 5.01. The Morgan fingerprint density at radius 3 is 2.50 bits per heavy atom. The van der Waals surface area contributed by atoms with Crippen molar-refractivity contribution < 1.29 is 22.6 Å². The van der Waals surface area contributed by atoms with Gasteiger partial charge in [0.1, 0.15) is 6.61 Å². The van der Waals surface area contributed by atoms with Gasteiger partial charge in [-0.15, -0.1) is 0 Å². The number of hydrogen-bond donors (Lipinski definition) is 1. The van der Waals surface area contributed by atoms with Crippen LogP contribution in [-0.4, -0.2) is 44.7 Å². The van der Waals surface area contributed by atoms with Crippen molar-refractivity contribution in [3.05, 3.63) is 0 Å². The molecule has 1 aliphatic heterocycles. The molecule has 0 aromatic carbocycles. The second kappa shape index (κ2) is 5.84. The Hall–Kier alpha value is -0.330. The fraction of sp³-hybridized carbons (Fsp3) is 1.00. The molecular weight excluding hydrogens is 223 g/mol. The van der Waals surface area contributed by atoms with Crippen LogP contribution in [0.25, 0.3) is 0 Å². The first kappa shape index (κ1) is 13.7. The van der Waals surface area contributed by atoms with Crippen LogP contribution < -0.4 is 5.32 Å². The highest BCUT2D eigenvalue weighted by atomic mass is 19.4. The van der Waals surface area contributed by atoms with Gasteiger partial charge in [-0.3, -0.25) is 0 Å². The Balaban J connectivity index is 2.06. The van der Waals surface area contributed by atoms with E-state index in [1.807, 2.05) is 0 Å². The minimum atomic E-state index is -4.23. The van der Waals surface area contributed by atoms with E-state index in [2.05, 4.69) is 17.0 Å². The third kappa shape index (κ3) is 5.67. The number of ether oxygens (including phenoxy) is 2. The van der Waals surface area contributed by atoms with Gasteiger partial charge >= 0.3 is 6.18 Å². The summed E-state index contributed by atoms with van der Waals surface area (Å²) >= 11 is 0. The number of halogens is 3. The van der Waals surface area contributed by atoms with E-state index in [-0.39, 0.29) is 12.1 Å². The topological polar surface area (TPSA) is 30.5 Å². The first-order chi connectivity index (χ1) is 7.41. The number of nitrogens with one attached hydrogen (secondary N) is 1. The lowest BCUT2D eigenvalue weighted by molar-refractivity contribution is -0.173. The molecule has 1 saturated heterocycles. The molecule has 0 aromatic heterocycles. The van der Waals surface area contributed by atoms with Gasteiger partial charge in [-0.05, 0) is 19.8 Å². The molecule has 0 aromatic rings. The predicted octanol–water partition coefficient (Wildman–Crippen LogP) is 1.72. The van der Waals surface area contributed by atoms with Gasteiger partial charge in [0.25, 0.3) is 0 Å². The van der Waals surface area contributed by atoms with Crippen LogP contribution >= 0.6 is 0 Å². The first-order valence-electron chi connectivity index (χ1n) is 5.39. The van der Waals surface area contributed by atoms with E-state index >= 15 is 0 Å². The lowest BCUT2D eigenvalue weighted by Crippen LogP contribution is -2.48. The third-order valence-corrected chi connectivity index (χ3v) is 2.66. The van der Waals surface area contributed by atoms with Crippen LogP contribution in [0.3, 0.4) is 0 Å². The van der Waals surface area contributed by atoms with E-state index in [0.29, 0.717) is 19.8 Å². The molecule has 0 spiro atoms. The molecule has 1 aliphatic rings. The maximum Gasteiger partial charge on any atom is 0.411 e. The zero-order chi connectivity index (χ0) is 12.1. The zero-order valence-corrected chi connectivity index (χ0v) is 9.40. The molecule has 0 atom stereocenters. The van der Waals surface area contributed by atoms with E-state index in [0.717, 1.165) is 12.8 Å². The summed E-state index contributed by atoms with van der Waals surface area (Å²) in [4.78, 5) is 0. The van der Waals surface area contributed by atoms with Gasteiger partial charge < -0.3 is 14.8 Å². The van der Waals surface area contributed by atoms with Gasteiger partial charge in [0.05, 0.1) is 6.61 Å². The summed E-state index contributed by atoms with van der Waals surface area (Å²) in [5.41, 5.74) is -0.0279. The maximum atomic E-state index is 11.8.